The molecule has 0 heterocycles. The summed E-state index contributed by atoms with van der Waals surface area (Å²) in [6.07, 6.45) is 0. The number of benzene rings is 3. The van der Waals surface area contributed by atoms with Gasteiger partial charge in [-0.05, 0) is 74.9 Å². The molecular formula is C26H30FN3O3S. The van der Waals surface area contributed by atoms with E-state index in [1.165, 1.54) is 12.1 Å². The molecule has 1 N–H and O–H groups in total. The Morgan fingerprint density at radius 3 is 1.97 bits per heavy atom. The third-order valence-corrected chi connectivity index (χ3v) is 7.35. The molecule has 1 amide bonds. The summed E-state index contributed by atoms with van der Waals surface area (Å²) in [4.78, 5) is 14.9. The van der Waals surface area contributed by atoms with Crippen LogP contribution in [-0.4, -0.2) is 34.0 Å². The normalized spacial score (nSPS) is 11.2. The van der Waals surface area contributed by atoms with Gasteiger partial charge in [0, 0.05) is 25.3 Å². The molecule has 0 aliphatic heterocycles. The molecule has 0 aromatic heterocycles. The van der Waals surface area contributed by atoms with E-state index in [1.807, 2.05) is 31.2 Å². The largest absolute Gasteiger partial charge is 0.372 e. The molecule has 0 aliphatic carbocycles. The third kappa shape index (κ3) is 6.14. The van der Waals surface area contributed by atoms with Crippen molar-refractivity contribution in [3.05, 3.63) is 89.7 Å². The molecule has 0 unspecified atom stereocenters. The first-order valence-electron chi connectivity index (χ1n) is 11.2. The fraction of sp³-hybridized carbons (Fsp3) is 0.269. The van der Waals surface area contributed by atoms with Gasteiger partial charge in [0.25, 0.3) is 10.0 Å². The second kappa shape index (κ2) is 11.2. The topological polar surface area (TPSA) is 69.7 Å². The Morgan fingerprint density at radius 1 is 0.853 bits per heavy atom. The molecule has 0 saturated heterocycles. The van der Waals surface area contributed by atoms with Crippen LogP contribution in [0.3, 0.4) is 0 Å². The lowest BCUT2D eigenvalue weighted by Gasteiger charge is -2.24. The highest BCUT2D eigenvalue weighted by atomic mass is 32.2. The van der Waals surface area contributed by atoms with Gasteiger partial charge >= 0.3 is 0 Å². The van der Waals surface area contributed by atoms with Gasteiger partial charge in [-0.2, -0.15) is 0 Å². The van der Waals surface area contributed by atoms with Crippen LogP contribution in [0.15, 0.2) is 77.7 Å². The van der Waals surface area contributed by atoms with E-state index in [0.29, 0.717) is 5.69 Å². The minimum absolute atomic E-state index is 0.0886. The summed E-state index contributed by atoms with van der Waals surface area (Å²) in [7, 11) is -4.08. The van der Waals surface area contributed by atoms with Crippen LogP contribution < -0.4 is 14.5 Å². The van der Waals surface area contributed by atoms with Crippen molar-refractivity contribution in [1.29, 1.82) is 0 Å². The maximum atomic E-state index is 13.3. The standard InChI is InChI=1S/C26H30FN3O3S/c1-4-29(5-2)23-14-8-21(9-15-23)18-28-26(31)19-30(24-12-6-20(3)7-13-24)34(32,33)25-16-10-22(27)11-17-25/h6-17H,4-5,18-19H2,1-3H3,(H,28,31). The van der Waals surface area contributed by atoms with Gasteiger partial charge in [0.2, 0.25) is 5.91 Å². The number of carbonyl (C=O) groups excluding carboxylic acids is 1. The molecule has 8 heteroatoms. The summed E-state index contributed by atoms with van der Waals surface area (Å²) in [6, 6.07) is 19.3. The van der Waals surface area contributed by atoms with E-state index < -0.39 is 28.3 Å². The lowest BCUT2D eigenvalue weighted by atomic mass is 10.2. The molecule has 3 rings (SSSR count). The first-order chi connectivity index (χ1) is 16.2. The fourth-order valence-electron chi connectivity index (χ4n) is 3.56. The smallest absolute Gasteiger partial charge is 0.264 e. The molecule has 0 atom stereocenters. The van der Waals surface area contributed by atoms with Crippen molar-refractivity contribution in [1.82, 2.24) is 5.32 Å². The zero-order valence-corrected chi connectivity index (χ0v) is 20.5. The molecule has 0 aliphatic rings. The number of rotatable bonds is 10. The fourth-order valence-corrected chi connectivity index (χ4v) is 4.98. The average Bonchev–Trinajstić information content (AvgIpc) is 2.83. The van der Waals surface area contributed by atoms with Crippen molar-refractivity contribution in [2.75, 3.05) is 28.8 Å². The molecule has 3 aromatic carbocycles. The second-order valence-corrected chi connectivity index (χ2v) is 9.78. The molecule has 0 radical (unpaired) electrons. The third-order valence-electron chi connectivity index (χ3n) is 5.57. The van der Waals surface area contributed by atoms with Gasteiger partial charge in [-0.1, -0.05) is 29.8 Å². The van der Waals surface area contributed by atoms with E-state index in [4.69, 9.17) is 0 Å². The molecule has 0 bridgehead atoms. The summed E-state index contributed by atoms with van der Waals surface area (Å²) >= 11 is 0. The van der Waals surface area contributed by atoms with Gasteiger partial charge in [0.05, 0.1) is 10.6 Å². The molecule has 180 valence electrons. The van der Waals surface area contributed by atoms with E-state index in [-0.39, 0.29) is 11.4 Å². The van der Waals surface area contributed by atoms with Crippen LogP contribution in [0.25, 0.3) is 0 Å². The number of hydrogen-bond acceptors (Lipinski definition) is 4. The number of nitrogens with one attached hydrogen (secondary N) is 1. The maximum absolute atomic E-state index is 13.3. The molecule has 0 fully saturated rings. The first kappa shape index (κ1) is 25.2. The molecular weight excluding hydrogens is 453 g/mol. The Bertz CT molecular complexity index is 1190. The number of hydrogen-bond donors (Lipinski definition) is 1. The Morgan fingerprint density at radius 2 is 1.41 bits per heavy atom. The number of sulfonamides is 1. The Kier molecular flexibility index (Phi) is 8.28. The van der Waals surface area contributed by atoms with Crippen molar-refractivity contribution >= 4 is 27.3 Å². The minimum Gasteiger partial charge on any atom is -0.372 e. The molecule has 0 saturated carbocycles. The zero-order valence-electron chi connectivity index (χ0n) is 19.7. The first-order valence-corrected chi connectivity index (χ1v) is 12.6. The van der Waals surface area contributed by atoms with Crippen LogP contribution in [-0.2, 0) is 21.4 Å². The van der Waals surface area contributed by atoms with Crippen LogP contribution in [0.5, 0.6) is 0 Å². The highest BCUT2D eigenvalue weighted by Gasteiger charge is 2.27. The van der Waals surface area contributed by atoms with Crippen LogP contribution in [0.1, 0.15) is 25.0 Å². The Balaban J connectivity index is 1.76. The quantitative estimate of drug-likeness (QED) is 0.461. The van der Waals surface area contributed by atoms with Crippen molar-refractivity contribution < 1.29 is 17.6 Å². The molecule has 0 spiro atoms. The van der Waals surface area contributed by atoms with Crippen LogP contribution in [0.2, 0.25) is 0 Å². The van der Waals surface area contributed by atoms with E-state index >= 15 is 0 Å². The number of halogens is 1. The Labute approximate surface area is 201 Å². The lowest BCUT2D eigenvalue weighted by molar-refractivity contribution is -0.119. The van der Waals surface area contributed by atoms with Gasteiger partial charge in [-0.3, -0.25) is 9.10 Å². The average molecular weight is 484 g/mol. The summed E-state index contributed by atoms with van der Waals surface area (Å²) in [5.41, 5.74) is 3.33. The summed E-state index contributed by atoms with van der Waals surface area (Å²) in [5, 5.41) is 2.80. The molecule has 3 aromatic rings. The number of amides is 1. The van der Waals surface area contributed by atoms with Crippen LogP contribution in [0, 0.1) is 12.7 Å². The van der Waals surface area contributed by atoms with E-state index in [1.54, 1.807) is 24.3 Å². The second-order valence-electron chi connectivity index (χ2n) is 7.92. The predicted molar refractivity (Wildman–Crippen MR) is 134 cm³/mol. The van der Waals surface area contributed by atoms with Gasteiger partial charge in [0.1, 0.15) is 12.4 Å². The number of nitrogens with zero attached hydrogens (tertiary/aromatic N) is 2. The lowest BCUT2D eigenvalue weighted by Crippen LogP contribution is -2.40. The number of carbonyl (C=O) groups is 1. The van der Waals surface area contributed by atoms with Crippen molar-refractivity contribution in [2.24, 2.45) is 0 Å². The predicted octanol–water partition coefficient (Wildman–Crippen LogP) is 4.49. The van der Waals surface area contributed by atoms with Gasteiger partial charge < -0.3 is 10.2 Å². The highest BCUT2D eigenvalue weighted by Crippen LogP contribution is 2.24. The van der Waals surface area contributed by atoms with Crippen LogP contribution in [0.4, 0.5) is 15.8 Å². The van der Waals surface area contributed by atoms with E-state index in [9.17, 15) is 17.6 Å². The minimum atomic E-state index is -4.08. The zero-order chi connectivity index (χ0) is 24.7. The van der Waals surface area contributed by atoms with Gasteiger partial charge in [-0.15, -0.1) is 0 Å². The van der Waals surface area contributed by atoms with E-state index in [0.717, 1.165) is 46.3 Å². The molecule has 6 nitrogen and oxygen atoms in total. The molecule has 34 heavy (non-hydrogen) atoms. The SMILES string of the molecule is CCN(CC)c1ccc(CNC(=O)CN(c2ccc(C)cc2)S(=O)(=O)c2ccc(F)cc2)cc1. The maximum Gasteiger partial charge on any atom is 0.264 e. The number of anilines is 2. The van der Waals surface area contributed by atoms with Crippen molar-refractivity contribution in [3.8, 4) is 0 Å². The van der Waals surface area contributed by atoms with E-state index in [2.05, 4.69) is 24.1 Å². The van der Waals surface area contributed by atoms with Crippen molar-refractivity contribution in [2.45, 2.75) is 32.2 Å². The monoisotopic (exact) mass is 483 g/mol. The highest BCUT2D eigenvalue weighted by molar-refractivity contribution is 7.92. The summed E-state index contributed by atoms with van der Waals surface area (Å²) < 4.78 is 41.0. The summed E-state index contributed by atoms with van der Waals surface area (Å²) in [6.45, 7) is 7.76. The van der Waals surface area contributed by atoms with Gasteiger partial charge in [-0.25, -0.2) is 12.8 Å². The van der Waals surface area contributed by atoms with Crippen molar-refractivity contribution in [3.63, 3.8) is 0 Å². The Hall–Kier alpha value is -3.39. The van der Waals surface area contributed by atoms with Gasteiger partial charge in [0.15, 0.2) is 0 Å². The summed E-state index contributed by atoms with van der Waals surface area (Å²) in [5.74, 6) is -0.982. The van der Waals surface area contributed by atoms with Crippen LogP contribution >= 0.6 is 0 Å². The number of aryl methyl sites for hydroxylation is 1.